The molecule has 0 aliphatic carbocycles. The standard InChI is InChI=1S/C15H19BrN4O2/c1-11-13(16)14(18(2)17-11)15(21)20-7-5-19(6-8-20)10-12-4-3-9-22-12/h3-4,9H,5-8,10H2,1-2H3. The van der Waals surface area contributed by atoms with Crippen LogP contribution in [0.15, 0.2) is 27.3 Å². The zero-order valence-electron chi connectivity index (χ0n) is 12.8. The molecule has 0 unspecified atom stereocenters. The quantitative estimate of drug-likeness (QED) is 0.833. The number of amides is 1. The predicted octanol–water partition coefficient (Wildman–Crippen LogP) is 2.04. The van der Waals surface area contributed by atoms with Gasteiger partial charge < -0.3 is 9.32 Å². The van der Waals surface area contributed by atoms with E-state index in [0.717, 1.165) is 48.7 Å². The van der Waals surface area contributed by atoms with Crippen molar-refractivity contribution in [3.63, 3.8) is 0 Å². The normalized spacial score (nSPS) is 16.2. The van der Waals surface area contributed by atoms with Gasteiger partial charge in [0, 0.05) is 33.2 Å². The van der Waals surface area contributed by atoms with Crippen molar-refractivity contribution in [1.29, 1.82) is 0 Å². The minimum atomic E-state index is 0.0348. The number of rotatable bonds is 3. The number of furan rings is 1. The van der Waals surface area contributed by atoms with Gasteiger partial charge in [0.05, 0.1) is 23.0 Å². The van der Waals surface area contributed by atoms with Gasteiger partial charge in [-0.15, -0.1) is 0 Å². The Bertz CT molecular complexity index is 657. The van der Waals surface area contributed by atoms with Crippen LogP contribution >= 0.6 is 15.9 Å². The van der Waals surface area contributed by atoms with E-state index in [9.17, 15) is 4.79 Å². The lowest BCUT2D eigenvalue weighted by Crippen LogP contribution is -2.48. The summed E-state index contributed by atoms with van der Waals surface area (Å²) in [6, 6.07) is 3.88. The molecule has 1 saturated heterocycles. The van der Waals surface area contributed by atoms with E-state index in [0.29, 0.717) is 5.69 Å². The second-order valence-corrected chi connectivity index (χ2v) is 6.31. The van der Waals surface area contributed by atoms with Gasteiger partial charge in [-0.3, -0.25) is 14.4 Å². The van der Waals surface area contributed by atoms with Crippen LogP contribution in [-0.4, -0.2) is 51.7 Å². The Kier molecular flexibility index (Phi) is 4.35. The maximum absolute atomic E-state index is 12.7. The molecular formula is C15H19BrN4O2. The Morgan fingerprint density at radius 2 is 2.09 bits per heavy atom. The summed E-state index contributed by atoms with van der Waals surface area (Å²) >= 11 is 3.47. The largest absolute Gasteiger partial charge is 0.468 e. The van der Waals surface area contributed by atoms with E-state index in [1.165, 1.54) is 0 Å². The number of hydrogen-bond donors (Lipinski definition) is 0. The zero-order valence-corrected chi connectivity index (χ0v) is 14.3. The molecule has 118 valence electrons. The number of piperazine rings is 1. The Morgan fingerprint density at radius 3 is 2.64 bits per heavy atom. The van der Waals surface area contributed by atoms with Crippen LogP contribution in [0.5, 0.6) is 0 Å². The van der Waals surface area contributed by atoms with Gasteiger partial charge >= 0.3 is 0 Å². The molecule has 0 saturated carbocycles. The molecule has 0 radical (unpaired) electrons. The fraction of sp³-hybridized carbons (Fsp3) is 0.467. The van der Waals surface area contributed by atoms with Crippen LogP contribution in [0.2, 0.25) is 0 Å². The van der Waals surface area contributed by atoms with Crippen molar-refractivity contribution in [2.75, 3.05) is 26.2 Å². The molecule has 0 bridgehead atoms. The molecule has 1 aliphatic heterocycles. The lowest BCUT2D eigenvalue weighted by atomic mass is 10.2. The van der Waals surface area contributed by atoms with Gasteiger partial charge in [-0.1, -0.05) is 0 Å². The summed E-state index contributed by atoms with van der Waals surface area (Å²) in [6.45, 7) is 5.82. The van der Waals surface area contributed by atoms with E-state index in [1.54, 1.807) is 18.0 Å². The Morgan fingerprint density at radius 1 is 1.36 bits per heavy atom. The first kappa shape index (κ1) is 15.3. The van der Waals surface area contributed by atoms with E-state index >= 15 is 0 Å². The van der Waals surface area contributed by atoms with Crippen LogP contribution < -0.4 is 0 Å². The van der Waals surface area contributed by atoms with Crippen molar-refractivity contribution < 1.29 is 9.21 Å². The number of aryl methyl sites for hydroxylation is 2. The zero-order chi connectivity index (χ0) is 15.7. The van der Waals surface area contributed by atoms with E-state index in [-0.39, 0.29) is 5.91 Å². The molecule has 1 fully saturated rings. The first-order valence-corrected chi connectivity index (χ1v) is 8.08. The summed E-state index contributed by atoms with van der Waals surface area (Å²) in [7, 11) is 1.80. The summed E-state index contributed by atoms with van der Waals surface area (Å²) in [5.74, 6) is 0.998. The van der Waals surface area contributed by atoms with Gasteiger partial charge in [-0.05, 0) is 35.0 Å². The number of nitrogens with zero attached hydrogens (tertiary/aromatic N) is 4. The number of halogens is 1. The second kappa shape index (κ2) is 6.26. The number of hydrogen-bond acceptors (Lipinski definition) is 4. The highest BCUT2D eigenvalue weighted by Gasteiger charge is 2.27. The molecule has 0 atom stereocenters. The van der Waals surface area contributed by atoms with Crippen molar-refractivity contribution >= 4 is 21.8 Å². The topological polar surface area (TPSA) is 54.5 Å². The summed E-state index contributed by atoms with van der Waals surface area (Å²) in [5, 5.41) is 4.29. The van der Waals surface area contributed by atoms with Gasteiger partial charge in [-0.2, -0.15) is 5.10 Å². The van der Waals surface area contributed by atoms with Crippen molar-refractivity contribution in [2.24, 2.45) is 7.05 Å². The van der Waals surface area contributed by atoms with Crippen LogP contribution in [0.3, 0.4) is 0 Å². The SMILES string of the molecule is Cc1nn(C)c(C(=O)N2CCN(Cc3ccco3)CC2)c1Br. The molecule has 7 heteroatoms. The first-order chi connectivity index (χ1) is 10.6. The lowest BCUT2D eigenvalue weighted by Gasteiger charge is -2.34. The van der Waals surface area contributed by atoms with Crippen molar-refractivity contribution in [3.05, 3.63) is 40.0 Å². The van der Waals surface area contributed by atoms with Gasteiger partial charge in [0.15, 0.2) is 0 Å². The van der Waals surface area contributed by atoms with Crippen LogP contribution in [0, 0.1) is 6.92 Å². The molecule has 3 rings (SSSR count). The molecule has 2 aromatic heterocycles. The Hall–Kier alpha value is -1.60. The molecule has 2 aromatic rings. The lowest BCUT2D eigenvalue weighted by molar-refractivity contribution is 0.0609. The monoisotopic (exact) mass is 366 g/mol. The molecule has 0 N–H and O–H groups in total. The molecule has 0 spiro atoms. The third-order valence-electron chi connectivity index (χ3n) is 3.97. The average molecular weight is 367 g/mol. The third kappa shape index (κ3) is 2.96. The highest BCUT2D eigenvalue weighted by molar-refractivity contribution is 9.10. The predicted molar refractivity (Wildman–Crippen MR) is 85.5 cm³/mol. The highest BCUT2D eigenvalue weighted by Crippen LogP contribution is 2.22. The van der Waals surface area contributed by atoms with Gasteiger partial charge in [0.1, 0.15) is 11.5 Å². The maximum atomic E-state index is 12.7. The fourth-order valence-electron chi connectivity index (χ4n) is 2.75. The van der Waals surface area contributed by atoms with Crippen LogP contribution in [-0.2, 0) is 13.6 Å². The Labute approximate surface area is 137 Å². The van der Waals surface area contributed by atoms with Crippen LogP contribution in [0.25, 0.3) is 0 Å². The molecule has 1 aliphatic rings. The summed E-state index contributed by atoms with van der Waals surface area (Å²) < 4.78 is 7.81. The Balaban J connectivity index is 1.62. The van der Waals surface area contributed by atoms with Gasteiger partial charge in [0.2, 0.25) is 0 Å². The first-order valence-electron chi connectivity index (χ1n) is 7.29. The van der Waals surface area contributed by atoms with Crippen molar-refractivity contribution in [3.8, 4) is 0 Å². The van der Waals surface area contributed by atoms with E-state index in [2.05, 4.69) is 25.9 Å². The molecular weight excluding hydrogens is 348 g/mol. The van der Waals surface area contributed by atoms with E-state index in [4.69, 9.17) is 4.42 Å². The summed E-state index contributed by atoms with van der Waals surface area (Å²) in [4.78, 5) is 16.9. The van der Waals surface area contributed by atoms with Gasteiger partial charge in [0.25, 0.3) is 5.91 Å². The van der Waals surface area contributed by atoms with Gasteiger partial charge in [-0.25, -0.2) is 0 Å². The number of carbonyl (C=O) groups is 1. The number of carbonyl (C=O) groups excluding carboxylic acids is 1. The number of aromatic nitrogens is 2. The second-order valence-electron chi connectivity index (χ2n) is 5.52. The van der Waals surface area contributed by atoms with E-state index in [1.807, 2.05) is 24.0 Å². The highest BCUT2D eigenvalue weighted by atomic mass is 79.9. The summed E-state index contributed by atoms with van der Waals surface area (Å²) in [5.41, 5.74) is 1.46. The molecule has 3 heterocycles. The average Bonchev–Trinajstić information content (AvgIpc) is 3.08. The minimum absolute atomic E-state index is 0.0348. The summed E-state index contributed by atoms with van der Waals surface area (Å²) in [6.07, 6.45) is 1.69. The molecule has 1 amide bonds. The molecule has 6 nitrogen and oxygen atoms in total. The third-order valence-corrected chi connectivity index (χ3v) is 4.92. The van der Waals surface area contributed by atoms with Crippen LogP contribution in [0.1, 0.15) is 21.9 Å². The minimum Gasteiger partial charge on any atom is -0.468 e. The van der Waals surface area contributed by atoms with Crippen molar-refractivity contribution in [1.82, 2.24) is 19.6 Å². The fourth-order valence-corrected chi connectivity index (χ4v) is 3.25. The van der Waals surface area contributed by atoms with E-state index < -0.39 is 0 Å². The maximum Gasteiger partial charge on any atom is 0.273 e. The molecule has 0 aromatic carbocycles. The smallest absolute Gasteiger partial charge is 0.273 e. The van der Waals surface area contributed by atoms with Crippen molar-refractivity contribution in [2.45, 2.75) is 13.5 Å². The molecule has 22 heavy (non-hydrogen) atoms. The van der Waals surface area contributed by atoms with Crippen LogP contribution in [0.4, 0.5) is 0 Å².